The molecule has 0 radical (unpaired) electrons. The van der Waals surface area contributed by atoms with Gasteiger partial charge in [-0.25, -0.2) is 21.8 Å². The zero-order valence-electron chi connectivity index (χ0n) is 29.7. The lowest BCUT2D eigenvalue weighted by molar-refractivity contribution is -0.736. The Kier molecular flexibility index (Phi) is 7.80. The van der Waals surface area contributed by atoms with Gasteiger partial charge in [-0.15, -0.1) is 10.9 Å². The van der Waals surface area contributed by atoms with E-state index in [0.717, 1.165) is 12.5 Å². The number of sulfonamides is 2. The van der Waals surface area contributed by atoms with Gasteiger partial charge in [-0.1, -0.05) is 46.6 Å². The van der Waals surface area contributed by atoms with Gasteiger partial charge in [0.15, 0.2) is 17.3 Å². The SMILES string of the molecule is CC(C)(C)C1=N[n+]2[nH]c(-c3ccc(NS(C)(=O)=O)cc3)nc2C1C1C(=O)C(c2c(C(C)(C)C)[nH]n3nc(-c4ccc(NS(C)(=O)=O)cc4)nc23)=C1[O-]. The number of H-pyrrole nitrogens is 2. The number of Topliss-reactive ketones (excluding diaryl/α,β-unsaturated/α-hetero) is 1. The number of ketones is 1. The normalized spacial score (nSPS) is 18.1. The summed E-state index contributed by atoms with van der Waals surface area (Å²) in [7, 11) is -6.90. The van der Waals surface area contributed by atoms with Gasteiger partial charge in [-0.3, -0.25) is 19.3 Å². The van der Waals surface area contributed by atoms with Crippen molar-refractivity contribution in [2.45, 2.75) is 52.9 Å². The number of benzene rings is 2. The summed E-state index contributed by atoms with van der Waals surface area (Å²) in [5.41, 5.74) is 2.99. The van der Waals surface area contributed by atoms with E-state index < -0.39 is 42.7 Å². The van der Waals surface area contributed by atoms with Gasteiger partial charge in [0, 0.05) is 38.9 Å². The first-order chi connectivity index (χ1) is 24.1. The summed E-state index contributed by atoms with van der Waals surface area (Å²) >= 11 is 0. The second-order valence-corrected chi connectivity index (χ2v) is 18.7. The van der Waals surface area contributed by atoms with E-state index in [0.29, 0.717) is 62.6 Å². The Bertz CT molecular complexity index is 2570. The molecule has 2 aromatic carbocycles. The van der Waals surface area contributed by atoms with Crippen LogP contribution in [0.2, 0.25) is 0 Å². The number of carbonyl (C=O) groups is 1. The van der Waals surface area contributed by atoms with E-state index >= 15 is 0 Å². The number of carbonyl (C=O) groups excluding carboxylic acids is 1. The predicted molar refractivity (Wildman–Crippen MR) is 193 cm³/mol. The molecule has 1 aliphatic carbocycles. The number of hydrogen-bond acceptors (Lipinski definition) is 10. The smallest absolute Gasteiger partial charge is 0.356 e. The number of hydrogen-bond donors (Lipinski definition) is 4. The first kappa shape index (κ1) is 35.1. The number of nitrogens with one attached hydrogen (secondary N) is 4. The zero-order chi connectivity index (χ0) is 37.7. The van der Waals surface area contributed by atoms with Crippen LogP contribution in [0, 0.1) is 11.3 Å². The molecular weight excluding hydrogens is 709 g/mol. The number of aromatic amines is 2. The second-order valence-electron chi connectivity index (χ2n) is 15.2. The third kappa shape index (κ3) is 6.25. The first-order valence-electron chi connectivity index (χ1n) is 16.3. The van der Waals surface area contributed by atoms with E-state index in [9.17, 15) is 26.7 Å². The van der Waals surface area contributed by atoms with E-state index in [4.69, 9.17) is 15.1 Å². The minimum atomic E-state index is -3.45. The van der Waals surface area contributed by atoms with Crippen LogP contribution in [-0.2, 0) is 30.3 Å². The zero-order valence-corrected chi connectivity index (χ0v) is 31.4. The van der Waals surface area contributed by atoms with Crippen molar-refractivity contribution >= 4 is 54.1 Å². The topological polar surface area (TPSA) is 223 Å². The van der Waals surface area contributed by atoms with E-state index in [-0.39, 0.29) is 17.1 Å². The van der Waals surface area contributed by atoms with Gasteiger partial charge in [0.25, 0.3) is 5.82 Å². The van der Waals surface area contributed by atoms with Crippen molar-refractivity contribution < 1.29 is 31.5 Å². The molecule has 2 atom stereocenters. The van der Waals surface area contributed by atoms with Crippen molar-refractivity contribution in [3.63, 3.8) is 0 Å². The number of rotatable bonds is 8. The van der Waals surface area contributed by atoms with Crippen molar-refractivity contribution in [3.05, 3.63) is 71.4 Å². The van der Waals surface area contributed by atoms with Crippen molar-refractivity contribution in [2.24, 2.45) is 16.4 Å². The Labute approximate surface area is 300 Å². The number of allylic oxidation sites excluding steroid dienone is 2. The van der Waals surface area contributed by atoms with Gasteiger partial charge in [-0.2, -0.15) is 9.73 Å². The summed E-state index contributed by atoms with van der Waals surface area (Å²) in [6, 6.07) is 13.2. The highest BCUT2D eigenvalue weighted by molar-refractivity contribution is 7.92. The average Bonchev–Trinajstić information content (AvgIpc) is 3.77. The fourth-order valence-corrected chi connectivity index (χ4v) is 7.66. The van der Waals surface area contributed by atoms with Crippen molar-refractivity contribution in [3.8, 4) is 22.8 Å². The molecule has 1 aliphatic heterocycles. The molecular formula is C34H38N10O6S2. The summed E-state index contributed by atoms with van der Waals surface area (Å²) < 4.78 is 52.9. The van der Waals surface area contributed by atoms with Crippen LogP contribution in [0.3, 0.4) is 0 Å². The maximum Gasteiger partial charge on any atom is 0.356 e. The van der Waals surface area contributed by atoms with Gasteiger partial charge in [-0.05, 0) is 58.3 Å². The molecule has 5 aromatic rings. The summed E-state index contributed by atoms with van der Waals surface area (Å²) in [6.07, 6.45) is 2.14. The molecule has 2 aliphatic rings. The van der Waals surface area contributed by atoms with Crippen LogP contribution >= 0.6 is 0 Å². The van der Waals surface area contributed by atoms with Crippen LogP contribution in [0.25, 0.3) is 34.0 Å². The molecule has 0 spiro atoms. The standard InChI is InChI=1S/C34H38N10O6S2/c1-33(2,3)27-23(31-35-29(39-43(31)37-27)17-9-13-19(14-10-17)41-51(7,47)48)21-25(45)22(26(21)46)24-28(34(4,5)6)38-44-32(24)36-30(40-44)18-11-15-20(16-12-18)42-52(8,49)50/h9-16,21,23H,1-8H3,(H4,36,38,39,40,41,42,45,46). The van der Waals surface area contributed by atoms with Gasteiger partial charge in [0.05, 0.1) is 35.4 Å². The number of nitrogens with zero attached hydrogens (tertiary/aromatic N) is 6. The summed E-state index contributed by atoms with van der Waals surface area (Å²) in [4.78, 5) is 25.4. The molecule has 4 N–H and O–H groups in total. The molecule has 52 heavy (non-hydrogen) atoms. The van der Waals surface area contributed by atoms with E-state index in [1.807, 2.05) is 41.5 Å². The van der Waals surface area contributed by atoms with Crippen molar-refractivity contribution in [1.29, 1.82) is 0 Å². The minimum absolute atomic E-state index is 0.0317. The highest BCUT2D eigenvalue weighted by Crippen LogP contribution is 2.49. The fraction of sp³-hybridized carbons (Fsp3) is 0.353. The van der Waals surface area contributed by atoms with E-state index in [2.05, 4.69) is 24.7 Å². The van der Waals surface area contributed by atoms with Gasteiger partial charge in [0.1, 0.15) is 5.92 Å². The number of fused-ring (bicyclic) bond motifs is 2. The molecule has 18 heteroatoms. The summed E-state index contributed by atoms with van der Waals surface area (Å²) in [5.74, 6) is -1.34. The Morgan fingerprint density at radius 2 is 1.37 bits per heavy atom. The molecule has 0 fully saturated rings. The summed E-state index contributed by atoms with van der Waals surface area (Å²) in [6.45, 7) is 11.8. The summed E-state index contributed by atoms with van der Waals surface area (Å²) in [5, 5.41) is 30.2. The Morgan fingerprint density at radius 1 is 0.808 bits per heavy atom. The van der Waals surface area contributed by atoms with Gasteiger partial charge >= 0.3 is 5.82 Å². The molecule has 0 bridgehead atoms. The third-order valence-corrected chi connectivity index (χ3v) is 10.0. The molecule has 3 aromatic heterocycles. The molecule has 16 nitrogen and oxygen atoms in total. The highest BCUT2D eigenvalue weighted by Gasteiger charge is 2.54. The van der Waals surface area contributed by atoms with Gasteiger partial charge < -0.3 is 5.11 Å². The largest absolute Gasteiger partial charge is 0.874 e. The van der Waals surface area contributed by atoms with Crippen LogP contribution in [0.4, 0.5) is 11.4 Å². The fourth-order valence-electron chi connectivity index (χ4n) is 6.53. The second kappa shape index (κ2) is 11.6. The minimum Gasteiger partial charge on any atom is -0.874 e. The number of aromatic nitrogens is 7. The monoisotopic (exact) mass is 746 g/mol. The molecule has 4 heterocycles. The predicted octanol–water partition coefficient (Wildman–Crippen LogP) is 2.76. The quantitative estimate of drug-likeness (QED) is 0.171. The molecule has 7 rings (SSSR count). The molecule has 272 valence electrons. The van der Waals surface area contributed by atoms with Gasteiger partial charge in [0.2, 0.25) is 20.0 Å². The van der Waals surface area contributed by atoms with Crippen molar-refractivity contribution in [2.75, 3.05) is 22.0 Å². The van der Waals surface area contributed by atoms with Crippen LogP contribution in [0.1, 0.15) is 64.5 Å². The highest BCUT2D eigenvalue weighted by atomic mass is 32.2. The molecule has 0 saturated carbocycles. The van der Waals surface area contributed by atoms with Crippen LogP contribution < -0.4 is 19.3 Å². The molecule has 0 amide bonds. The molecule has 0 saturated heterocycles. The van der Waals surface area contributed by atoms with E-state index in [1.165, 1.54) is 9.42 Å². The van der Waals surface area contributed by atoms with Crippen molar-refractivity contribution in [1.82, 2.24) is 29.9 Å². The third-order valence-electron chi connectivity index (χ3n) is 8.80. The lowest BCUT2D eigenvalue weighted by atomic mass is 9.66. The average molecular weight is 747 g/mol. The molecule has 2 unspecified atom stereocenters. The van der Waals surface area contributed by atoms with E-state index in [1.54, 1.807) is 48.5 Å². The lowest BCUT2D eigenvalue weighted by Gasteiger charge is -2.40. The Morgan fingerprint density at radius 3 is 1.87 bits per heavy atom. The number of anilines is 2. The van der Waals surface area contributed by atoms with Crippen LogP contribution in [0.15, 0.2) is 59.4 Å². The first-order valence-corrected chi connectivity index (χ1v) is 20.1. The Hall–Kier alpha value is -5.36. The Balaban J connectivity index is 1.28. The maximum absolute atomic E-state index is 14.4. The van der Waals surface area contributed by atoms with Crippen LogP contribution in [-0.4, -0.2) is 70.7 Å². The van der Waals surface area contributed by atoms with Crippen LogP contribution in [0.5, 0.6) is 0 Å². The lowest BCUT2D eigenvalue weighted by Crippen LogP contribution is -2.45. The maximum atomic E-state index is 14.4.